The number of nitrogens with one attached hydrogen (secondary N) is 1. The van der Waals surface area contributed by atoms with Crippen LogP contribution < -0.4 is 5.32 Å². The number of thiazole rings is 1. The number of urea groups is 1. The summed E-state index contributed by atoms with van der Waals surface area (Å²) in [5.74, 6) is -0.355. The molecule has 1 N–H and O–H groups in total. The van der Waals surface area contributed by atoms with Crippen LogP contribution in [0.3, 0.4) is 0 Å². The van der Waals surface area contributed by atoms with E-state index in [4.69, 9.17) is 4.74 Å². The average Bonchev–Trinajstić information content (AvgIpc) is 2.99. The first-order valence-corrected chi connectivity index (χ1v) is 8.34. The number of amides is 2. The van der Waals surface area contributed by atoms with Gasteiger partial charge in [0.1, 0.15) is 6.04 Å². The zero-order valence-electron chi connectivity index (χ0n) is 14.3. The van der Waals surface area contributed by atoms with Crippen molar-refractivity contribution in [1.29, 1.82) is 0 Å². The largest absolute Gasteiger partial charge is 0.467 e. The maximum Gasteiger partial charge on any atom is 0.329 e. The minimum Gasteiger partial charge on any atom is -0.467 e. The van der Waals surface area contributed by atoms with Crippen molar-refractivity contribution in [2.75, 3.05) is 14.2 Å². The van der Waals surface area contributed by atoms with Crippen LogP contribution in [0.5, 0.6) is 0 Å². The minimum absolute atomic E-state index is 0.230. The predicted molar refractivity (Wildman–Crippen MR) is 91.4 cm³/mol. The van der Waals surface area contributed by atoms with E-state index >= 15 is 0 Å². The number of ether oxygens (including phenoxy) is 1. The van der Waals surface area contributed by atoms with Crippen molar-refractivity contribution in [1.82, 2.24) is 15.2 Å². The molecule has 1 rings (SSSR count). The molecular formula is C16H25N3O3S. The summed E-state index contributed by atoms with van der Waals surface area (Å²) >= 11 is 1.59. The fourth-order valence-corrected chi connectivity index (χ4v) is 2.71. The molecule has 0 saturated carbocycles. The molecule has 6 nitrogen and oxygen atoms in total. The maximum absolute atomic E-state index is 12.3. The summed E-state index contributed by atoms with van der Waals surface area (Å²) < 4.78 is 4.73. The molecule has 0 aliphatic rings. The summed E-state index contributed by atoms with van der Waals surface area (Å²) in [5, 5.41) is 5.68. The molecule has 1 aromatic heterocycles. The third kappa shape index (κ3) is 5.35. The number of esters is 1. The summed E-state index contributed by atoms with van der Waals surface area (Å²) in [6, 6.07) is -1.11. The molecule has 1 unspecified atom stereocenters. The van der Waals surface area contributed by atoms with E-state index in [2.05, 4.69) is 30.7 Å². The van der Waals surface area contributed by atoms with Crippen molar-refractivity contribution >= 4 is 23.3 Å². The molecule has 2 atom stereocenters. The van der Waals surface area contributed by atoms with Crippen LogP contribution in [0.4, 0.5) is 4.79 Å². The zero-order valence-corrected chi connectivity index (χ0v) is 15.1. The van der Waals surface area contributed by atoms with Gasteiger partial charge in [-0.3, -0.25) is 0 Å². The molecule has 128 valence electrons. The highest BCUT2D eigenvalue weighted by Crippen LogP contribution is 2.19. The van der Waals surface area contributed by atoms with Crippen LogP contribution in [0, 0.1) is 5.92 Å². The summed E-state index contributed by atoms with van der Waals surface area (Å²) in [6.07, 6.45) is 1.61. The van der Waals surface area contributed by atoms with Gasteiger partial charge >= 0.3 is 12.0 Å². The Balaban J connectivity index is 2.70. The van der Waals surface area contributed by atoms with Gasteiger partial charge in [-0.2, -0.15) is 0 Å². The van der Waals surface area contributed by atoms with Crippen LogP contribution in [0.1, 0.15) is 37.4 Å². The first-order valence-electron chi connectivity index (χ1n) is 7.46. The second-order valence-corrected chi connectivity index (χ2v) is 6.62. The van der Waals surface area contributed by atoms with Crippen LogP contribution in [-0.4, -0.2) is 42.1 Å². The average molecular weight is 339 g/mol. The Hall–Kier alpha value is -1.89. The van der Waals surface area contributed by atoms with Crippen molar-refractivity contribution in [3.05, 3.63) is 28.7 Å². The van der Waals surface area contributed by atoms with E-state index in [0.29, 0.717) is 12.5 Å². The van der Waals surface area contributed by atoms with Gasteiger partial charge in [0.15, 0.2) is 0 Å². The summed E-state index contributed by atoms with van der Waals surface area (Å²) in [5.41, 5.74) is 0.836. The molecule has 2 amide bonds. The van der Waals surface area contributed by atoms with Gasteiger partial charge in [0.2, 0.25) is 0 Å². The molecule has 7 heteroatoms. The maximum atomic E-state index is 12.3. The predicted octanol–water partition coefficient (Wildman–Crippen LogP) is 2.77. The van der Waals surface area contributed by atoms with Crippen molar-refractivity contribution in [2.24, 2.45) is 5.92 Å². The Bertz CT molecular complexity index is 557. The van der Waals surface area contributed by atoms with Crippen LogP contribution in [0.2, 0.25) is 0 Å². The lowest BCUT2D eigenvalue weighted by atomic mass is 10.0. The minimum atomic E-state index is -0.755. The smallest absolute Gasteiger partial charge is 0.329 e. The summed E-state index contributed by atoms with van der Waals surface area (Å²) in [6.45, 7) is 9.99. The Kier molecular flexibility index (Phi) is 7.22. The molecule has 0 aromatic carbocycles. The number of rotatable bonds is 7. The van der Waals surface area contributed by atoms with E-state index in [1.54, 1.807) is 31.4 Å². The molecular weight excluding hydrogens is 314 g/mol. The zero-order chi connectivity index (χ0) is 17.6. The highest BCUT2D eigenvalue weighted by atomic mass is 32.1. The normalized spacial score (nSPS) is 13.3. The SMILES string of the molecule is C=CC(C)[C@@H](NC(=O)N(C)Cc1csc(C(C)C)n1)C(=O)OC. The molecule has 0 fully saturated rings. The topological polar surface area (TPSA) is 71.5 Å². The lowest BCUT2D eigenvalue weighted by Crippen LogP contribution is -2.49. The number of carbonyl (C=O) groups excluding carboxylic acids is 2. The van der Waals surface area contributed by atoms with Gasteiger partial charge in [-0.25, -0.2) is 14.6 Å². The molecule has 0 aliphatic heterocycles. The number of hydrogen-bond donors (Lipinski definition) is 1. The molecule has 0 bridgehead atoms. The first kappa shape index (κ1) is 19.2. The lowest BCUT2D eigenvalue weighted by molar-refractivity contribution is -0.143. The third-order valence-electron chi connectivity index (χ3n) is 3.44. The molecule has 0 saturated heterocycles. The van der Waals surface area contributed by atoms with Crippen molar-refractivity contribution < 1.29 is 14.3 Å². The van der Waals surface area contributed by atoms with E-state index in [-0.39, 0.29) is 11.9 Å². The fourth-order valence-electron chi connectivity index (χ4n) is 1.89. The standard InChI is InChI=1S/C16H25N3O3S/c1-7-11(4)13(15(20)22-6)18-16(21)19(5)8-12-9-23-14(17-12)10(2)3/h7,9-11,13H,1,8H2,2-6H3,(H,18,21)/t11?,13-/m1/s1. The van der Waals surface area contributed by atoms with Crippen molar-refractivity contribution in [3.63, 3.8) is 0 Å². The van der Waals surface area contributed by atoms with E-state index in [1.165, 1.54) is 12.0 Å². The van der Waals surface area contributed by atoms with Crippen LogP contribution in [0.25, 0.3) is 0 Å². The monoisotopic (exact) mass is 339 g/mol. The summed E-state index contributed by atoms with van der Waals surface area (Å²) in [7, 11) is 2.96. The van der Waals surface area contributed by atoms with Crippen LogP contribution >= 0.6 is 11.3 Å². The van der Waals surface area contributed by atoms with Gasteiger partial charge in [-0.05, 0) is 0 Å². The van der Waals surface area contributed by atoms with Gasteiger partial charge in [-0.15, -0.1) is 17.9 Å². The molecule has 1 heterocycles. The van der Waals surface area contributed by atoms with E-state index in [9.17, 15) is 9.59 Å². The molecule has 1 aromatic rings. The molecule has 0 spiro atoms. The molecule has 0 aliphatic carbocycles. The van der Waals surface area contributed by atoms with Gasteiger partial charge in [0, 0.05) is 24.3 Å². The second-order valence-electron chi connectivity index (χ2n) is 5.73. The number of aromatic nitrogens is 1. The van der Waals surface area contributed by atoms with E-state index in [0.717, 1.165) is 10.7 Å². The Morgan fingerprint density at radius 2 is 2.13 bits per heavy atom. The highest BCUT2D eigenvalue weighted by molar-refractivity contribution is 7.09. The Labute approximate surface area is 141 Å². The molecule has 0 radical (unpaired) electrons. The van der Waals surface area contributed by atoms with Crippen LogP contribution in [0.15, 0.2) is 18.0 Å². The second kappa shape index (κ2) is 8.67. The summed E-state index contributed by atoms with van der Waals surface area (Å²) in [4.78, 5) is 30.1. The lowest BCUT2D eigenvalue weighted by Gasteiger charge is -2.24. The van der Waals surface area contributed by atoms with Gasteiger partial charge in [0.25, 0.3) is 0 Å². The van der Waals surface area contributed by atoms with Crippen LogP contribution in [-0.2, 0) is 16.1 Å². The van der Waals surface area contributed by atoms with E-state index < -0.39 is 12.0 Å². The number of nitrogens with zero attached hydrogens (tertiary/aromatic N) is 2. The first-order chi connectivity index (χ1) is 10.8. The van der Waals surface area contributed by atoms with Crippen molar-refractivity contribution in [3.8, 4) is 0 Å². The Morgan fingerprint density at radius 1 is 1.48 bits per heavy atom. The van der Waals surface area contributed by atoms with Gasteiger partial charge < -0.3 is 15.0 Å². The highest BCUT2D eigenvalue weighted by Gasteiger charge is 2.27. The van der Waals surface area contributed by atoms with E-state index in [1.807, 2.05) is 5.38 Å². The van der Waals surface area contributed by atoms with Crippen molar-refractivity contribution in [2.45, 2.75) is 39.3 Å². The molecule has 23 heavy (non-hydrogen) atoms. The van der Waals surface area contributed by atoms with Gasteiger partial charge in [-0.1, -0.05) is 26.8 Å². The number of methoxy groups -OCH3 is 1. The van der Waals surface area contributed by atoms with Gasteiger partial charge in [0.05, 0.1) is 24.4 Å². The third-order valence-corrected chi connectivity index (χ3v) is 4.64. The number of hydrogen-bond acceptors (Lipinski definition) is 5. The quantitative estimate of drug-likeness (QED) is 0.612. The Morgan fingerprint density at radius 3 is 2.61 bits per heavy atom. The fraction of sp³-hybridized carbons (Fsp3) is 0.562. The number of carbonyl (C=O) groups is 2.